The summed E-state index contributed by atoms with van der Waals surface area (Å²) in [4.78, 5) is 0. The molecule has 0 aliphatic carbocycles. The van der Waals surface area contributed by atoms with Crippen molar-refractivity contribution in [2.45, 2.75) is 25.9 Å². The highest BCUT2D eigenvalue weighted by Gasteiger charge is 2.01. The van der Waals surface area contributed by atoms with Gasteiger partial charge in [0.1, 0.15) is 0 Å². The minimum atomic E-state index is 0.216. The van der Waals surface area contributed by atoms with Crippen molar-refractivity contribution in [2.75, 3.05) is 13.7 Å². The second-order valence-electron chi connectivity index (χ2n) is 3.54. The molecule has 1 atom stereocenters. The van der Waals surface area contributed by atoms with E-state index in [9.17, 15) is 0 Å². The molecule has 0 aliphatic rings. The molecule has 0 fully saturated rings. The normalized spacial score (nSPS) is 12.8. The molecule has 1 aromatic carbocycles. The number of aliphatic hydroxyl groups excluding tert-OH is 1. The first-order valence-corrected chi connectivity index (χ1v) is 4.97. The number of benzene rings is 1. The predicted octanol–water partition coefficient (Wildman–Crippen LogP) is 1.80. The summed E-state index contributed by atoms with van der Waals surface area (Å²) >= 11 is 0. The number of ether oxygens (including phenoxy) is 1. The minimum Gasteiger partial charge on any atom is -0.396 e. The molecular formula is C12H18O2. The van der Waals surface area contributed by atoms with Crippen LogP contribution in [0.3, 0.4) is 0 Å². The molecule has 14 heavy (non-hydrogen) atoms. The van der Waals surface area contributed by atoms with Gasteiger partial charge in [-0.25, -0.2) is 0 Å². The van der Waals surface area contributed by atoms with Gasteiger partial charge in [0.25, 0.3) is 0 Å². The van der Waals surface area contributed by atoms with E-state index in [4.69, 9.17) is 9.84 Å². The largest absolute Gasteiger partial charge is 0.396 e. The Morgan fingerprint density at radius 1 is 1.21 bits per heavy atom. The van der Waals surface area contributed by atoms with Gasteiger partial charge in [-0.15, -0.1) is 0 Å². The lowest BCUT2D eigenvalue weighted by Gasteiger charge is -2.09. The van der Waals surface area contributed by atoms with Crippen molar-refractivity contribution in [2.24, 2.45) is 0 Å². The third kappa shape index (κ3) is 3.48. The summed E-state index contributed by atoms with van der Waals surface area (Å²) in [6, 6.07) is 8.32. The molecule has 1 unspecified atom stereocenters. The fourth-order valence-electron chi connectivity index (χ4n) is 1.39. The Kier molecular flexibility index (Phi) is 4.63. The Morgan fingerprint density at radius 2 is 1.79 bits per heavy atom. The Labute approximate surface area is 85.5 Å². The summed E-state index contributed by atoms with van der Waals surface area (Å²) in [5.74, 6) is 0. The van der Waals surface area contributed by atoms with E-state index in [0.717, 1.165) is 12.8 Å². The minimum absolute atomic E-state index is 0.216. The average Bonchev–Trinajstić information content (AvgIpc) is 2.21. The molecule has 0 aromatic heterocycles. The Balaban J connectivity index is 2.54. The van der Waals surface area contributed by atoms with Crippen LogP contribution in [0.5, 0.6) is 0 Å². The van der Waals surface area contributed by atoms with E-state index >= 15 is 0 Å². The van der Waals surface area contributed by atoms with Gasteiger partial charge in [0.15, 0.2) is 0 Å². The monoisotopic (exact) mass is 194 g/mol. The molecule has 1 N–H and O–H groups in total. The van der Waals surface area contributed by atoms with Crippen LogP contribution >= 0.6 is 0 Å². The zero-order chi connectivity index (χ0) is 10.4. The third-order valence-corrected chi connectivity index (χ3v) is 2.35. The van der Waals surface area contributed by atoms with Gasteiger partial charge in [0, 0.05) is 13.7 Å². The summed E-state index contributed by atoms with van der Waals surface area (Å²) in [5, 5.41) is 8.75. The standard InChI is InChI=1S/C12H18O2/c1-10(14-2)9-12-5-3-11(4-6-12)7-8-13/h3-6,10,13H,7-9H2,1-2H3. The molecule has 2 nitrogen and oxygen atoms in total. The van der Waals surface area contributed by atoms with Crippen LogP contribution in [-0.4, -0.2) is 24.9 Å². The van der Waals surface area contributed by atoms with Crippen LogP contribution in [0.1, 0.15) is 18.1 Å². The van der Waals surface area contributed by atoms with Crippen molar-refractivity contribution < 1.29 is 9.84 Å². The van der Waals surface area contributed by atoms with Gasteiger partial charge in [-0.1, -0.05) is 24.3 Å². The van der Waals surface area contributed by atoms with Gasteiger partial charge >= 0.3 is 0 Å². The summed E-state index contributed by atoms with van der Waals surface area (Å²) in [6.45, 7) is 2.27. The fourth-order valence-corrected chi connectivity index (χ4v) is 1.39. The molecule has 0 spiro atoms. The lowest BCUT2D eigenvalue weighted by atomic mass is 10.1. The van der Waals surface area contributed by atoms with E-state index in [1.54, 1.807) is 7.11 Å². The van der Waals surface area contributed by atoms with Crippen LogP contribution in [0, 0.1) is 0 Å². The van der Waals surface area contributed by atoms with Crippen molar-refractivity contribution in [1.82, 2.24) is 0 Å². The van der Waals surface area contributed by atoms with E-state index in [1.807, 2.05) is 0 Å². The number of aliphatic hydroxyl groups is 1. The Hall–Kier alpha value is -0.860. The fraction of sp³-hybridized carbons (Fsp3) is 0.500. The van der Waals surface area contributed by atoms with E-state index < -0.39 is 0 Å². The van der Waals surface area contributed by atoms with Crippen LogP contribution < -0.4 is 0 Å². The van der Waals surface area contributed by atoms with Gasteiger partial charge in [-0.2, -0.15) is 0 Å². The second-order valence-corrected chi connectivity index (χ2v) is 3.54. The number of rotatable bonds is 5. The van der Waals surface area contributed by atoms with Crippen molar-refractivity contribution >= 4 is 0 Å². The highest BCUT2D eigenvalue weighted by molar-refractivity contribution is 5.23. The van der Waals surface area contributed by atoms with E-state index in [1.165, 1.54) is 11.1 Å². The zero-order valence-corrected chi connectivity index (χ0v) is 8.86. The molecule has 0 bridgehead atoms. The molecule has 0 radical (unpaired) electrons. The maximum Gasteiger partial charge on any atom is 0.0583 e. The highest BCUT2D eigenvalue weighted by Crippen LogP contribution is 2.08. The van der Waals surface area contributed by atoms with Gasteiger partial charge in [-0.05, 0) is 30.9 Å². The van der Waals surface area contributed by atoms with Gasteiger partial charge in [0.05, 0.1) is 6.10 Å². The van der Waals surface area contributed by atoms with Crippen molar-refractivity contribution in [3.05, 3.63) is 35.4 Å². The summed E-state index contributed by atoms with van der Waals surface area (Å²) < 4.78 is 5.19. The maximum atomic E-state index is 8.75. The summed E-state index contributed by atoms with van der Waals surface area (Å²) in [7, 11) is 1.73. The third-order valence-electron chi connectivity index (χ3n) is 2.35. The highest BCUT2D eigenvalue weighted by atomic mass is 16.5. The lowest BCUT2D eigenvalue weighted by Crippen LogP contribution is -2.08. The van der Waals surface area contributed by atoms with Crippen LogP contribution in [0.4, 0.5) is 0 Å². The van der Waals surface area contributed by atoms with Crippen molar-refractivity contribution in [3.8, 4) is 0 Å². The molecule has 0 aliphatic heterocycles. The average molecular weight is 194 g/mol. The van der Waals surface area contributed by atoms with Gasteiger partial charge < -0.3 is 9.84 Å². The second kappa shape index (κ2) is 5.78. The molecule has 1 rings (SSSR count). The van der Waals surface area contributed by atoms with Crippen LogP contribution in [-0.2, 0) is 17.6 Å². The molecule has 2 heteroatoms. The summed E-state index contributed by atoms with van der Waals surface area (Å²) in [6.07, 6.45) is 1.94. The first-order chi connectivity index (χ1) is 6.76. The Bertz CT molecular complexity index is 254. The van der Waals surface area contributed by atoms with Crippen molar-refractivity contribution in [3.63, 3.8) is 0 Å². The van der Waals surface area contributed by atoms with E-state index in [0.29, 0.717) is 0 Å². The molecule has 78 valence electrons. The summed E-state index contributed by atoms with van der Waals surface area (Å²) in [5.41, 5.74) is 2.46. The molecule has 0 heterocycles. The number of methoxy groups -OCH3 is 1. The molecular weight excluding hydrogens is 176 g/mol. The SMILES string of the molecule is COC(C)Cc1ccc(CCO)cc1. The molecule has 0 amide bonds. The first-order valence-electron chi connectivity index (χ1n) is 4.97. The van der Waals surface area contributed by atoms with Gasteiger partial charge in [0.2, 0.25) is 0 Å². The van der Waals surface area contributed by atoms with Crippen LogP contribution in [0.2, 0.25) is 0 Å². The van der Waals surface area contributed by atoms with Crippen LogP contribution in [0.15, 0.2) is 24.3 Å². The first kappa shape index (κ1) is 11.2. The number of hydrogen-bond donors (Lipinski definition) is 1. The number of hydrogen-bond acceptors (Lipinski definition) is 2. The van der Waals surface area contributed by atoms with Crippen LogP contribution in [0.25, 0.3) is 0 Å². The van der Waals surface area contributed by atoms with Crippen molar-refractivity contribution in [1.29, 1.82) is 0 Å². The smallest absolute Gasteiger partial charge is 0.0583 e. The zero-order valence-electron chi connectivity index (χ0n) is 8.86. The van der Waals surface area contributed by atoms with E-state index in [-0.39, 0.29) is 12.7 Å². The molecule has 0 saturated carbocycles. The van der Waals surface area contributed by atoms with E-state index in [2.05, 4.69) is 31.2 Å². The maximum absolute atomic E-state index is 8.75. The Morgan fingerprint density at radius 3 is 2.29 bits per heavy atom. The quantitative estimate of drug-likeness (QED) is 0.774. The molecule has 1 aromatic rings. The lowest BCUT2D eigenvalue weighted by molar-refractivity contribution is 0.119. The van der Waals surface area contributed by atoms with Gasteiger partial charge in [-0.3, -0.25) is 0 Å². The molecule has 0 saturated heterocycles. The predicted molar refractivity (Wildman–Crippen MR) is 57.4 cm³/mol. The topological polar surface area (TPSA) is 29.5 Å².